The molecule has 20 heavy (non-hydrogen) atoms. The van der Waals surface area contributed by atoms with E-state index in [-0.39, 0.29) is 24.6 Å². The number of hydrogen-bond donors (Lipinski definition) is 3. The molecular formula is C14H20F2N2O2. The molecule has 0 aromatic heterocycles. The van der Waals surface area contributed by atoms with Crippen LogP contribution in [0.25, 0.3) is 0 Å². The van der Waals surface area contributed by atoms with E-state index in [0.717, 1.165) is 6.07 Å². The van der Waals surface area contributed by atoms with Gasteiger partial charge in [-0.15, -0.1) is 0 Å². The van der Waals surface area contributed by atoms with E-state index in [4.69, 9.17) is 0 Å². The summed E-state index contributed by atoms with van der Waals surface area (Å²) in [6.07, 6.45) is -1.13. The number of aliphatic hydroxyl groups is 1. The molecule has 1 unspecified atom stereocenters. The van der Waals surface area contributed by atoms with Crippen LogP contribution in [0.5, 0.6) is 0 Å². The highest BCUT2D eigenvalue weighted by atomic mass is 19.1. The van der Waals surface area contributed by atoms with E-state index < -0.39 is 17.7 Å². The Hall–Kier alpha value is -1.53. The van der Waals surface area contributed by atoms with Crippen LogP contribution in [0, 0.1) is 17.6 Å². The molecule has 1 aromatic rings. The van der Waals surface area contributed by atoms with Crippen LogP contribution in [0.1, 0.15) is 25.5 Å². The molecule has 0 bridgehead atoms. The van der Waals surface area contributed by atoms with Gasteiger partial charge in [0.25, 0.3) is 0 Å². The molecule has 0 aliphatic rings. The highest BCUT2D eigenvalue weighted by Crippen LogP contribution is 2.17. The van der Waals surface area contributed by atoms with E-state index in [0.29, 0.717) is 18.5 Å². The normalized spacial score (nSPS) is 12.5. The first-order valence-electron chi connectivity index (χ1n) is 6.50. The SMILES string of the molecule is CC(C)CNC(=O)CNCC(O)c1ccc(F)cc1F. The van der Waals surface area contributed by atoms with Crippen molar-refractivity contribution in [1.29, 1.82) is 0 Å². The minimum absolute atomic E-state index is 0.00138. The fourth-order valence-corrected chi connectivity index (χ4v) is 1.58. The number of benzene rings is 1. The smallest absolute Gasteiger partial charge is 0.233 e. The Morgan fingerprint density at radius 1 is 1.30 bits per heavy atom. The Bertz CT molecular complexity index is 453. The Labute approximate surface area is 117 Å². The predicted octanol–water partition coefficient (Wildman–Crippen LogP) is 1.36. The molecule has 0 saturated carbocycles. The van der Waals surface area contributed by atoms with Gasteiger partial charge in [-0.3, -0.25) is 4.79 Å². The predicted molar refractivity (Wildman–Crippen MR) is 72.0 cm³/mol. The van der Waals surface area contributed by atoms with Crippen molar-refractivity contribution in [3.8, 4) is 0 Å². The molecule has 112 valence electrons. The van der Waals surface area contributed by atoms with Crippen molar-refractivity contribution < 1.29 is 18.7 Å². The summed E-state index contributed by atoms with van der Waals surface area (Å²) in [5, 5.41) is 15.2. The van der Waals surface area contributed by atoms with E-state index >= 15 is 0 Å². The Balaban J connectivity index is 2.36. The average Bonchev–Trinajstić information content (AvgIpc) is 2.36. The van der Waals surface area contributed by atoms with Gasteiger partial charge in [0.1, 0.15) is 11.6 Å². The van der Waals surface area contributed by atoms with Crippen LogP contribution < -0.4 is 10.6 Å². The quantitative estimate of drug-likeness (QED) is 0.709. The number of rotatable bonds is 7. The number of carbonyl (C=O) groups is 1. The molecule has 3 N–H and O–H groups in total. The molecule has 1 amide bonds. The van der Waals surface area contributed by atoms with Crippen molar-refractivity contribution in [3.63, 3.8) is 0 Å². The summed E-state index contributed by atoms with van der Waals surface area (Å²) in [4.78, 5) is 11.4. The summed E-state index contributed by atoms with van der Waals surface area (Å²) in [5.74, 6) is -1.33. The summed E-state index contributed by atoms with van der Waals surface area (Å²) in [5.41, 5.74) is 0.00138. The topological polar surface area (TPSA) is 61.4 Å². The lowest BCUT2D eigenvalue weighted by Gasteiger charge is -2.13. The Morgan fingerprint density at radius 2 is 2.00 bits per heavy atom. The molecule has 1 rings (SSSR count). The van der Waals surface area contributed by atoms with Crippen LogP contribution >= 0.6 is 0 Å². The van der Waals surface area contributed by atoms with Gasteiger partial charge in [0.15, 0.2) is 0 Å². The molecule has 0 fully saturated rings. The van der Waals surface area contributed by atoms with Gasteiger partial charge in [-0.25, -0.2) is 8.78 Å². The zero-order valence-corrected chi connectivity index (χ0v) is 11.6. The van der Waals surface area contributed by atoms with Gasteiger partial charge in [-0.1, -0.05) is 19.9 Å². The number of aliphatic hydroxyl groups excluding tert-OH is 1. The van der Waals surface area contributed by atoms with Gasteiger partial charge in [0.2, 0.25) is 5.91 Å². The van der Waals surface area contributed by atoms with Gasteiger partial charge in [0.05, 0.1) is 12.6 Å². The lowest BCUT2D eigenvalue weighted by Crippen LogP contribution is -2.37. The van der Waals surface area contributed by atoms with Crippen LogP contribution in [0.3, 0.4) is 0 Å². The lowest BCUT2D eigenvalue weighted by atomic mass is 10.1. The zero-order chi connectivity index (χ0) is 15.1. The van der Waals surface area contributed by atoms with Crippen LogP contribution in [-0.2, 0) is 4.79 Å². The van der Waals surface area contributed by atoms with Crippen LogP contribution in [0.4, 0.5) is 8.78 Å². The third-order valence-corrected chi connectivity index (χ3v) is 2.65. The number of carbonyl (C=O) groups excluding carboxylic acids is 1. The van der Waals surface area contributed by atoms with Gasteiger partial charge >= 0.3 is 0 Å². The van der Waals surface area contributed by atoms with Crippen LogP contribution in [0.2, 0.25) is 0 Å². The Kier molecular flexibility index (Phi) is 6.54. The van der Waals surface area contributed by atoms with Crippen molar-refractivity contribution in [2.75, 3.05) is 19.6 Å². The summed E-state index contributed by atoms with van der Waals surface area (Å²) >= 11 is 0. The fourth-order valence-electron chi connectivity index (χ4n) is 1.58. The second-order valence-electron chi connectivity index (χ2n) is 5.01. The summed E-state index contributed by atoms with van der Waals surface area (Å²) in [6, 6.07) is 2.99. The average molecular weight is 286 g/mol. The minimum Gasteiger partial charge on any atom is -0.387 e. The molecule has 0 spiro atoms. The van der Waals surface area contributed by atoms with Gasteiger partial charge in [-0.05, 0) is 12.0 Å². The molecule has 0 heterocycles. The molecule has 0 saturated heterocycles. The zero-order valence-electron chi connectivity index (χ0n) is 11.6. The molecule has 4 nitrogen and oxygen atoms in total. The molecule has 0 aliphatic heterocycles. The van der Waals surface area contributed by atoms with E-state index in [9.17, 15) is 18.7 Å². The van der Waals surface area contributed by atoms with Crippen molar-refractivity contribution in [1.82, 2.24) is 10.6 Å². The second-order valence-corrected chi connectivity index (χ2v) is 5.01. The fraction of sp³-hybridized carbons (Fsp3) is 0.500. The van der Waals surface area contributed by atoms with Gasteiger partial charge in [-0.2, -0.15) is 0 Å². The molecule has 1 aromatic carbocycles. The molecule has 0 radical (unpaired) electrons. The third kappa shape index (κ3) is 5.63. The van der Waals surface area contributed by atoms with Crippen molar-refractivity contribution in [2.45, 2.75) is 20.0 Å². The maximum absolute atomic E-state index is 13.4. The first kappa shape index (κ1) is 16.5. The summed E-state index contributed by atoms with van der Waals surface area (Å²) in [7, 11) is 0. The number of nitrogens with one attached hydrogen (secondary N) is 2. The molecule has 0 aliphatic carbocycles. The first-order chi connectivity index (χ1) is 9.40. The largest absolute Gasteiger partial charge is 0.387 e. The van der Waals surface area contributed by atoms with Crippen molar-refractivity contribution in [2.24, 2.45) is 5.92 Å². The van der Waals surface area contributed by atoms with E-state index in [2.05, 4.69) is 10.6 Å². The van der Waals surface area contributed by atoms with E-state index in [1.807, 2.05) is 13.8 Å². The maximum atomic E-state index is 13.4. The number of amides is 1. The van der Waals surface area contributed by atoms with Crippen LogP contribution in [-0.4, -0.2) is 30.6 Å². The summed E-state index contributed by atoms with van der Waals surface area (Å²) in [6.45, 7) is 4.59. The third-order valence-electron chi connectivity index (χ3n) is 2.65. The minimum atomic E-state index is -1.13. The van der Waals surface area contributed by atoms with Gasteiger partial charge in [0, 0.05) is 24.7 Å². The van der Waals surface area contributed by atoms with Gasteiger partial charge < -0.3 is 15.7 Å². The highest BCUT2D eigenvalue weighted by Gasteiger charge is 2.13. The van der Waals surface area contributed by atoms with Crippen molar-refractivity contribution >= 4 is 5.91 Å². The maximum Gasteiger partial charge on any atom is 0.233 e. The standard InChI is InChI=1S/C14H20F2N2O2/c1-9(2)6-18-14(20)8-17-7-13(19)11-4-3-10(15)5-12(11)16/h3-5,9,13,17,19H,6-8H2,1-2H3,(H,18,20). The first-order valence-corrected chi connectivity index (χ1v) is 6.50. The lowest BCUT2D eigenvalue weighted by molar-refractivity contribution is -0.120. The van der Waals surface area contributed by atoms with E-state index in [1.165, 1.54) is 6.07 Å². The van der Waals surface area contributed by atoms with Crippen molar-refractivity contribution in [3.05, 3.63) is 35.4 Å². The molecular weight excluding hydrogens is 266 g/mol. The number of halogens is 2. The van der Waals surface area contributed by atoms with E-state index in [1.54, 1.807) is 0 Å². The summed E-state index contributed by atoms with van der Waals surface area (Å²) < 4.78 is 26.1. The second kappa shape index (κ2) is 7.91. The Morgan fingerprint density at radius 3 is 2.60 bits per heavy atom. The highest BCUT2D eigenvalue weighted by molar-refractivity contribution is 5.77. The molecule has 1 atom stereocenters. The van der Waals surface area contributed by atoms with Crippen LogP contribution in [0.15, 0.2) is 18.2 Å². The monoisotopic (exact) mass is 286 g/mol. The molecule has 6 heteroatoms. The number of hydrogen-bond acceptors (Lipinski definition) is 3.